The van der Waals surface area contributed by atoms with E-state index in [1.807, 2.05) is 42.2 Å². The van der Waals surface area contributed by atoms with Crippen molar-refractivity contribution >= 4 is 73.6 Å². The van der Waals surface area contributed by atoms with E-state index in [2.05, 4.69) is 10.4 Å². The van der Waals surface area contributed by atoms with Gasteiger partial charge in [-0.1, -0.05) is 35.4 Å². The number of carbonyl (C=O) groups excluding carboxylic acids is 3. The molecule has 2 atom stereocenters. The van der Waals surface area contributed by atoms with Crippen LogP contribution in [0.15, 0.2) is 36.4 Å². The van der Waals surface area contributed by atoms with E-state index in [0.717, 1.165) is 34.4 Å². The van der Waals surface area contributed by atoms with Crippen molar-refractivity contribution in [2.75, 3.05) is 39.7 Å². The fourth-order valence-corrected chi connectivity index (χ4v) is 8.96. The molecule has 3 fully saturated rings. The molecule has 0 radical (unpaired) electrons. The maximum atomic E-state index is 14.3. The molecule has 2 saturated carbocycles. The molecule has 2 aliphatic heterocycles. The van der Waals surface area contributed by atoms with Crippen molar-refractivity contribution < 1.29 is 32.3 Å². The lowest BCUT2D eigenvalue weighted by Gasteiger charge is -2.29. The van der Waals surface area contributed by atoms with Crippen molar-refractivity contribution in [1.82, 2.24) is 19.7 Å². The van der Waals surface area contributed by atoms with Gasteiger partial charge in [-0.2, -0.15) is 4.68 Å². The quantitative estimate of drug-likeness (QED) is 0.218. The molecule has 0 bridgehead atoms. The monoisotopic (exact) mass is 789 g/mol. The van der Waals surface area contributed by atoms with Gasteiger partial charge in [0.25, 0.3) is 0 Å². The number of anilines is 4. The smallest absolute Gasteiger partial charge is 0.435 e. The minimum Gasteiger partial charge on any atom is -0.443 e. The second-order valence-electron chi connectivity index (χ2n) is 17.0. The number of fused-ring (bicyclic) bond motifs is 3. The number of ether oxygens (including phenoxy) is 2. The lowest BCUT2D eigenvalue weighted by molar-refractivity contribution is -0.120. The lowest BCUT2D eigenvalue weighted by Crippen LogP contribution is -2.41. The number of halogens is 1. The fraction of sp³-hybridized carbons (Fsp3) is 0.487. The number of imide groups is 1. The van der Waals surface area contributed by atoms with E-state index < -0.39 is 38.6 Å². The fourth-order valence-electron chi connectivity index (χ4n) is 7.50. The first-order valence-corrected chi connectivity index (χ1v) is 20.7. The first-order chi connectivity index (χ1) is 25.7. The summed E-state index contributed by atoms with van der Waals surface area (Å²) >= 11 is 6.97. The summed E-state index contributed by atoms with van der Waals surface area (Å²) in [6.07, 6.45) is 0.891. The molecule has 1 saturated heterocycles. The van der Waals surface area contributed by atoms with E-state index in [0.29, 0.717) is 40.5 Å². The molecule has 14 nitrogen and oxygen atoms in total. The van der Waals surface area contributed by atoms with Crippen molar-refractivity contribution in [2.24, 2.45) is 0 Å². The van der Waals surface area contributed by atoms with Crippen LogP contribution in [-0.2, 0) is 29.5 Å². The highest BCUT2D eigenvalue weighted by molar-refractivity contribution is 7.91. The summed E-state index contributed by atoms with van der Waals surface area (Å²) in [5.41, 5.74) is 0.847. The Bertz CT molecular complexity index is 2400. The number of sulfone groups is 1. The van der Waals surface area contributed by atoms with Crippen molar-refractivity contribution in [1.29, 1.82) is 0 Å². The summed E-state index contributed by atoms with van der Waals surface area (Å²) in [5.74, 6) is 1.14. The van der Waals surface area contributed by atoms with Crippen molar-refractivity contribution in [2.45, 2.75) is 96.2 Å². The van der Waals surface area contributed by atoms with Crippen molar-refractivity contribution in [3.8, 4) is 0 Å². The molecule has 1 spiro atoms. The van der Waals surface area contributed by atoms with Gasteiger partial charge < -0.3 is 19.7 Å². The maximum absolute atomic E-state index is 14.3. The SMILES string of the molecule is Cc1ccc2c(c1)[C@]1(C[C@H]1c1ccc3c(Nc4nc(C5CC5)nc(N5CCS(=O)(=O)CC5)c4Cl)nn(C(=O)OC(C)(C)C)c3c1)C(=O)N2C(=O)OC(C)(C)C. The van der Waals surface area contributed by atoms with Gasteiger partial charge in [0.2, 0.25) is 5.91 Å². The zero-order valence-corrected chi connectivity index (χ0v) is 33.5. The summed E-state index contributed by atoms with van der Waals surface area (Å²) in [4.78, 5) is 54.0. The Hall–Kier alpha value is -4.76. The maximum Gasteiger partial charge on any atom is 0.435 e. The molecule has 4 aliphatic rings. The Morgan fingerprint density at radius 1 is 0.927 bits per heavy atom. The van der Waals surface area contributed by atoms with Gasteiger partial charge in [-0.15, -0.1) is 5.10 Å². The molecular formula is C39H44ClN7O7S. The zero-order valence-electron chi connectivity index (χ0n) is 31.9. The average molecular weight is 790 g/mol. The minimum absolute atomic E-state index is 0.000223. The van der Waals surface area contributed by atoms with Gasteiger partial charge in [0.15, 0.2) is 27.3 Å². The Labute approximate surface area is 324 Å². The average Bonchev–Trinajstić information content (AvgIpc) is 4.00. The number of amides is 2. The summed E-state index contributed by atoms with van der Waals surface area (Å²) in [7, 11) is -3.14. The van der Waals surface area contributed by atoms with Gasteiger partial charge in [-0.25, -0.2) is 32.9 Å². The Kier molecular flexibility index (Phi) is 8.54. The number of rotatable bonds is 5. The van der Waals surface area contributed by atoms with E-state index in [9.17, 15) is 22.8 Å². The molecule has 4 aromatic rings. The molecule has 8 rings (SSSR count). The molecule has 0 unspecified atom stereocenters. The van der Waals surface area contributed by atoms with Crippen LogP contribution in [0.1, 0.15) is 95.2 Å². The zero-order chi connectivity index (χ0) is 39.4. The largest absolute Gasteiger partial charge is 0.443 e. The Morgan fingerprint density at radius 2 is 1.60 bits per heavy atom. The molecule has 4 heterocycles. The van der Waals surface area contributed by atoms with Crippen LogP contribution in [0.25, 0.3) is 10.9 Å². The molecular weight excluding hydrogens is 746 g/mol. The van der Waals surface area contributed by atoms with Gasteiger partial charge in [-0.3, -0.25) is 4.79 Å². The van der Waals surface area contributed by atoms with E-state index in [-0.39, 0.29) is 53.2 Å². The van der Waals surface area contributed by atoms with E-state index in [1.54, 1.807) is 47.6 Å². The standard InChI is InChI=1S/C39H44ClN7O7S/c1-21-8-13-27-25(18-21)39(34(48)46(27)35(49)53-37(2,3)4)20-26(39)23-11-12-24-28(19-23)47(36(50)54-38(5,6)7)44-31(24)42-32-29(40)33(43-30(41-32)22-9-10-22)45-14-16-55(51,52)17-15-45/h8,11-13,18-19,22,26H,9-10,14-17,20H2,1-7H3,(H,41,42,43,44)/t26-,39-/m0/s1. The van der Waals surface area contributed by atoms with E-state index in [1.165, 1.54) is 4.68 Å². The topological polar surface area (TPSA) is 166 Å². The van der Waals surface area contributed by atoms with Gasteiger partial charge in [0, 0.05) is 30.3 Å². The van der Waals surface area contributed by atoms with E-state index >= 15 is 0 Å². The third-order valence-corrected chi connectivity index (χ3v) is 12.3. The van der Waals surface area contributed by atoms with Crippen LogP contribution in [0.3, 0.4) is 0 Å². The van der Waals surface area contributed by atoms with E-state index in [4.69, 9.17) is 31.0 Å². The number of aryl methyl sites for hydroxylation is 1. The number of carbonyl (C=O) groups is 3. The number of nitrogens with one attached hydrogen (secondary N) is 1. The molecule has 2 aromatic carbocycles. The van der Waals surface area contributed by atoms with Gasteiger partial charge in [-0.05, 0) is 97.1 Å². The predicted molar refractivity (Wildman–Crippen MR) is 208 cm³/mol. The molecule has 290 valence electrons. The van der Waals surface area contributed by atoms with Crippen LogP contribution < -0.4 is 15.1 Å². The molecule has 1 N–H and O–H groups in total. The number of nitrogens with zero attached hydrogens (tertiary/aromatic N) is 6. The summed E-state index contributed by atoms with van der Waals surface area (Å²) in [6, 6.07) is 11.2. The van der Waals surface area contributed by atoms with Crippen LogP contribution in [-0.4, -0.2) is 82.1 Å². The predicted octanol–water partition coefficient (Wildman–Crippen LogP) is 7.13. The number of hydrogen-bond donors (Lipinski definition) is 1. The van der Waals surface area contributed by atoms with Crippen LogP contribution >= 0.6 is 11.6 Å². The lowest BCUT2D eigenvalue weighted by atomic mass is 9.91. The van der Waals surface area contributed by atoms with Crippen LogP contribution in [0.2, 0.25) is 5.02 Å². The third kappa shape index (κ3) is 6.79. The van der Waals surface area contributed by atoms with Crippen molar-refractivity contribution in [3.63, 3.8) is 0 Å². The highest BCUT2D eigenvalue weighted by Gasteiger charge is 2.68. The van der Waals surface area contributed by atoms with Crippen LogP contribution in [0.4, 0.5) is 32.7 Å². The minimum atomic E-state index is -3.14. The van der Waals surface area contributed by atoms with Gasteiger partial charge in [0.05, 0.1) is 28.1 Å². The second kappa shape index (κ2) is 12.6. The molecule has 16 heteroatoms. The van der Waals surface area contributed by atoms with Crippen LogP contribution in [0, 0.1) is 6.92 Å². The second-order valence-corrected chi connectivity index (χ2v) is 19.7. The summed E-state index contributed by atoms with van der Waals surface area (Å²) < 4.78 is 37.0. The Morgan fingerprint density at radius 3 is 2.25 bits per heavy atom. The van der Waals surface area contributed by atoms with Gasteiger partial charge >= 0.3 is 12.2 Å². The molecule has 2 aromatic heterocycles. The summed E-state index contributed by atoms with van der Waals surface area (Å²) in [6.45, 7) is 13.0. The van der Waals surface area contributed by atoms with Crippen molar-refractivity contribution in [3.05, 3.63) is 63.9 Å². The highest BCUT2D eigenvalue weighted by atomic mass is 35.5. The molecule has 2 amide bonds. The first-order valence-electron chi connectivity index (χ1n) is 18.5. The van der Waals surface area contributed by atoms with Gasteiger partial charge in [0.1, 0.15) is 22.0 Å². The number of hydrogen-bond acceptors (Lipinski definition) is 12. The normalized spacial score (nSPS) is 21.9. The Balaban J connectivity index is 1.18. The number of benzene rings is 2. The first kappa shape index (κ1) is 37.2. The summed E-state index contributed by atoms with van der Waals surface area (Å²) in [5, 5.41) is 8.74. The highest BCUT2D eigenvalue weighted by Crippen LogP contribution is 2.66. The molecule has 2 aliphatic carbocycles. The third-order valence-electron chi connectivity index (χ3n) is 10.3. The molecule has 55 heavy (non-hydrogen) atoms. The number of aromatic nitrogens is 4. The van der Waals surface area contributed by atoms with Crippen LogP contribution in [0.5, 0.6) is 0 Å².